The van der Waals surface area contributed by atoms with E-state index in [4.69, 9.17) is 9.47 Å². The highest BCUT2D eigenvalue weighted by Crippen LogP contribution is 2.27. The summed E-state index contributed by atoms with van der Waals surface area (Å²) in [7, 11) is 3.05. The van der Waals surface area contributed by atoms with Gasteiger partial charge in [-0.1, -0.05) is 18.2 Å². The lowest BCUT2D eigenvalue weighted by atomic mass is 10.0. The fourth-order valence-electron chi connectivity index (χ4n) is 3.39. The highest BCUT2D eigenvalue weighted by atomic mass is 16.5. The van der Waals surface area contributed by atoms with Crippen molar-refractivity contribution in [3.8, 4) is 11.5 Å². The van der Waals surface area contributed by atoms with Crippen LogP contribution in [0.5, 0.6) is 11.5 Å². The first kappa shape index (κ1) is 20.5. The van der Waals surface area contributed by atoms with Crippen LogP contribution in [0.4, 0.5) is 5.69 Å². The summed E-state index contributed by atoms with van der Waals surface area (Å²) < 4.78 is 10.4. The number of ether oxygens (including phenoxy) is 2. The van der Waals surface area contributed by atoms with Gasteiger partial charge in [0.25, 0.3) is 5.91 Å². The number of nitrogens with zero attached hydrogens (tertiary/aromatic N) is 1. The predicted octanol–water partition coefficient (Wildman–Crippen LogP) is 2.54. The lowest BCUT2D eigenvalue weighted by molar-refractivity contribution is -0.131. The molecule has 1 aliphatic heterocycles. The number of likely N-dealkylation sites (tertiary alicyclic amines) is 1. The predicted molar refractivity (Wildman–Crippen MR) is 112 cm³/mol. The van der Waals surface area contributed by atoms with E-state index >= 15 is 0 Å². The number of rotatable bonds is 7. The van der Waals surface area contributed by atoms with E-state index in [-0.39, 0.29) is 18.4 Å². The van der Waals surface area contributed by atoms with Crippen LogP contribution >= 0.6 is 0 Å². The summed E-state index contributed by atoms with van der Waals surface area (Å²) in [5.41, 5.74) is 1.51. The zero-order chi connectivity index (χ0) is 20.6. The summed E-state index contributed by atoms with van der Waals surface area (Å²) in [5, 5.41) is 6.20. The van der Waals surface area contributed by atoms with Gasteiger partial charge in [-0.3, -0.25) is 9.59 Å². The highest BCUT2D eigenvalue weighted by molar-refractivity contribution is 5.97. The van der Waals surface area contributed by atoms with Gasteiger partial charge in [0.05, 0.1) is 20.8 Å². The van der Waals surface area contributed by atoms with Gasteiger partial charge in [0.1, 0.15) is 0 Å². The van der Waals surface area contributed by atoms with Crippen molar-refractivity contribution in [2.75, 3.05) is 39.2 Å². The average molecular weight is 397 g/mol. The normalized spacial score (nSPS) is 14.2. The van der Waals surface area contributed by atoms with E-state index < -0.39 is 0 Å². The second-order valence-electron chi connectivity index (χ2n) is 6.92. The number of hydrogen-bond donors (Lipinski definition) is 2. The number of methoxy groups -OCH3 is 2. The van der Waals surface area contributed by atoms with Gasteiger partial charge in [-0.25, -0.2) is 0 Å². The molecule has 2 amide bonds. The summed E-state index contributed by atoms with van der Waals surface area (Å²) in [6.07, 6.45) is 1.76. The van der Waals surface area contributed by atoms with E-state index in [9.17, 15) is 9.59 Å². The van der Waals surface area contributed by atoms with Crippen molar-refractivity contribution in [3.05, 3.63) is 54.1 Å². The maximum Gasteiger partial charge on any atom is 0.251 e. The number of hydrogen-bond acceptors (Lipinski definition) is 5. The van der Waals surface area contributed by atoms with Crippen LogP contribution in [0, 0.1) is 0 Å². The van der Waals surface area contributed by atoms with E-state index in [1.165, 1.54) is 14.2 Å². The van der Waals surface area contributed by atoms with Crippen LogP contribution in [-0.4, -0.2) is 56.6 Å². The number of carbonyl (C=O) groups excluding carboxylic acids is 2. The number of benzene rings is 2. The minimum absolute atomic E-state index is 0.0239. The van der Waals surface area contributed by atoms with Gasteiger partial charge in [-0.15, -0.1) is 0 Å². The van der Waals surface area contributed by atoms with Gasteiger partial charge < -0.3 is 25.0 Å². The maximum atomic E-state index is 12.5. The molecule has 1 saturated heterocycles. The molecule has 154 valence electrons. The van der Waals surface area contributed by atoms with Crippen LogP contribution in [0.25, 0.3) is 0 Å². The second kappa shape index (κ2) is 9.82. The Hall–Kier alpha value is -3.22. The van der Waals surface area contributed by atoms with Gasteiger partial charge in [0.15, 0.2) is 11.5 Å². The molecule has 29 heavy (non-hydrogen) atoms. The molecule has 0 spiro atoms. The molecule has 0 radical (unpaired) electrons. The number of para-hydroxylation sites is 1. The first-order chi connectivity index (χ1) is 14.1. The molecule has 2 aromatic rings. The Bertz CT molecular complexity index is 833. The molecule has 7 nitrogen and oxygen atoms in total. The Balaban J connectivity index is 1.46. The fourth-order valence-corrected chi connectivity index (χ4v) is 3.39. The van der Waals surface area contributed by atoms with Gasteiger partial charge >= 0.3 is 0 Å². The van der Waals surface area contributed by atoms with Gasteiger partial charge in [-0.2, -0.15) is 0 Å². The van der Waals surface area contributed by atoms with Crippen LogP contribution in [-0.2, 0) is 4.79 Å². The molecular weight excluding hydrogens is 370 g/mol. The Morgan fingerprint density at radius 1 is 1.00 bits per heavy atom. The molecule has 0 unspecified atom stereocenters. The summed E-state index contributed by atoms with van der Waals surface area (Å²) in [6, 6.07) is 15.3. The number of amides is 2. The zero-order valence-electron chi connectivity index (χ0n) is 16.8. The highest BCUT2D eigenvalue weighted by Gasteiger charge is 2.23. The van der Waals surface area contributed by atoms with E-state index in [0.29, 0.717) is 36.2 Å². The quantitative estimate of drug-likeness (QED) is 0.751. The summed E-state index contributed by atoms with van der Waals surface area (Å²) >= 11 is 0. The largest absolute Gasteiger partial charge is 0.493 e. The minimum atomic E-state index is -0.320. The lowest BCUT2D eigenvalue weighted by Gasteiger charge is -2.33. The third-order valence-corrected chi connectivity index (χ3v) is 5.04. The molecule has 7 heteroatoms. The van der Waals surface area contributed by atoms with Crippen LogP contribution < -0.4 is 20.1 Å². The molecule has 0 bridgehead atoms. The smallest absolute Gasteiger partial charge is 0.251 e. The molecular formula is C22H27N3O4. The molecule has 3 rings (SSSR count). The van der Waals surface area contributed by atoms with Crippen molar-refractivity contribution in [2.24, 2.45) is 0 Å². The van der Waals surface area contributed by atoms with Gasteiger partial charge in [-0.05, 0) is 43.2 Å². The maximum absolute atomic E-state index is 12.5. The Morgan fingerprint density at radius 3 is 2.34 bits per heavy atom. The number of anilines is 1. The summed E-state index contributed by atoms with van der Waals surface area (Å²) in [5.74, 6) is 0.628. The first-order valence-electron chi connectivity index (χ1n) is 9.70. The third-order valence-electron chi connectivity index (χ3n) is 5.04. The van der Waals surface area contributed by atoms with Crippen molar-refractivity contribution < 1.29 is 19.1 Å². The van der Waals surface area contributed by atoms with Gasteiger partial charge in [0, 0.05) is 30.4 Å². The molecule has 2 aromatic carbocycles. The van der Waals surface area contributed by atoms with Crippen molar-refractivity contribution in [1.29, 1.82) is 0 Å². The van der Waals surface area contributed by atoms with Crippen LogP contribution in [0.2, 0.25) is 0 Å². The monoisotopic (exact) mass is 397 g/mol. The van der Waals surface area contributed by atoms with Crippen molar-refractivity contribution in [1.82, 2.24) is 10.2 Å². The van der Waals surface area contributed by atoms with Crippen LogP contribution in [0.1, 0.15) is 23.2 Å². The number of nitrogens with one attached hydrogen (secondary N) is 2. The van der Waals surface area contributed by atoms with Crippen LogP contribution in [0.3, 0.4) is 0 Å². The Kier molecular flexibility index (Phi) is 6.94. The Labute approximate surface area is 171 Å². The van der Waals surface area contributed by atoms with Crippen molar-refractivity contribution >= 4 is 17.5 Å². The fraction of sp³-hybridized carbons (Fsp3) is 0.364. The molecule has 1 fully saturated rings. The number of carbonyl (C=O) groups is 2. The van der Waals surface area contributed by atoms with E-state index in [1.807, 2.05) is 30.3 Å². The minimum Gasteiger partial charge on any atom is -0.493 e. The number of piperidine rings is 1. The molecule has 0 aliphatic carbocycles. The summed E-state index contributed by atoms with van der Waals surface area (Å²) in [4.78, 5) is 26.6. The molecule has 1 aliphatic rings. The Morgan fingerprint density at radius 2 is 1.69 bits per heavy atom. The van der Waals surface area contributed by atoms with E-state index in [0.717, 1.165) is 18.5 Å². The topological polar surface area (TPSA) is 79.9 Å². The van der Waals surface area contributed by atoms with Crippen LogP contribution in [0.15, 0.2) is 48.5 Å². The van der Waals surface area contributed by atoms with Crippen molar-refractivity contribution in [2.45, 2.75) is 18.9 Å². The standard InChI is InChI=1S/C22H27N3O4/c1-28-19-9-8-16(14-20(19)29-2)22(27)23-15-21(26)25-12-10-18(11-13-25)24-17-6-4-3-5-7-17/h3-9,14,18,24H,10-13,15H2,1-2H3,(H,23,27). The van der Waals surface area contributed by atoms with Crippen molar-refractivity contribution in [3.63, 3.8) is 0 Å². The molecule has 0 aromatic heterocycles. The lowest BCUT2D eigenvalue weighted by Crippen LogP contribution is -2.46. The first-order valence-corrected chi connectivity index (χ1v) is 9.70. The van der Waals surface area contributed by atoms with E-state index in [2.05, 4.69) is 10.6 Å². The molecule has 1 heterocycles. The van der Waals surface area contributed by atoms with E-state index in [1.54, 1.807) is 23.1 Å². The SMILES string of the molecule is COc1ccc(C(=O)NCC(=O)N2CCC(Nc3ccccc3)CC2)cc1OC. The molecule has 0 atom stereocenters. The molecule has 0 saturated carbocycles. The molecule has 2 N–H and O–H groups in total. The third kappa shape index (κ3) is 5.40. The van der Waals surface area contributed by atoms with Gasteiger partial charge in [0.2, 0.25) is 5.91 Å². The second-order valence-corrected chi connectivity index (χ2v) is 6.92. The summed E-state index contributed by atoms with van der Waals surface area (Å²) in [6.45, 7) is 1.33. The average Bonchev–Trinajstić information content (AvgIpc) is 2.78. The zero-order valence-corrected chi connectivity index (χ0v) is 16.8.